The summed E-state index contributed by atoms with van der Waals surface area (Å²) in [5, 5.41) is 3.09. The van der Waals surface area contributed by atoms with E-state index >= 15 is 0 Å². The zero-order valence-corrected chi connectivity index (χ0v) is 23.9. The van der Waals surface area contributed by atoms with Gasteiger partial charge in [-0.2, -0.15) is 0 Å². The summed E-state index contributed by atoms with van der Waals surface area (Å²) in [6.45, 7) is 16.8. The van der Waals surface area contributed by atoms with E-state index in [4.69, 9.17) is 19.9 Å². The van der Waals surface area contributed by atoms with Crippen LogP contribution in [0.2, 0.25) is 0 Å². The molecule has 0 bridgehead atoms. The molecule has 3 N–H and O–H groups in total. The van der Waals surface area contributed by atoms with Crippen LogP contribution in [-0.4, -0.2) is 77.2 Å². The second kappa shape index (κ2) is 11.5. The highest BCUT2D eigenvalue weighted by Gasteiger charge is 2.52. The van der Waals surface area contributed by atoms with E-state index in [0.717, 1.165) is 5.56 Å². The van der Waals surface area contributed by atoms with Gasteiger partial charge in [0.25, 0.3) is 5.91 Å². The van der Waals surface area contributed by atoms with Crippen molar-refractivity contribution in [2.45, 2.75) is 97.1 Å². The molecule has 1 aromatic carbocycles. The van der Waals surface area contributed by atoms with Gasteiger partial charge in [-0.3, -0.25) is 19.7 Å². The average Bonchev–Trinajstić information content (AvgIpc) is 2.72. The number of ether oxygens (including phenoxy) is 3. The summed E-state index contributed by atoms with van der Waals surface area (Å²) in [4.78, 5) is 41.4. The number of hydrogen-bond acceptors (Lipinski definition) is 8. The number of nitrogens with two attached hydrogens (primary N) is 1. The van der Waals surface area contributed by atoms with Gasteiger partial charge in [0.15, 0.2) is 11.3 Å². The Morgan fingerprint density at radius 1 is 1.00 bits per heavy atom. The fourth-order valence-electron chi connectivity index (χ4n) is 3.94. The number of carbonyl (C=O) groups is 3. The summed E-state index contributed by atoms with van der Waals surface area (Å²) in [5.74, 6) is -0.843. The van der Waals surface area contributed by atoms with Gasteiger partial charge < -0.3 is 24.8 Å². The topological polar surface area (TPSA) is 120 Å². The molecule has 9 heteroatoms. The lowest BCUT2D eigenvalue weighted by atomic mass is 9.84. The molecular formula is C28H45N3O6. The number of ketones is 1. The molecule has 9 nitrogen and oxygen atoms in total. The van der Waals surface area contributed by atoms with Gasteiger partial charge in [-0.25, -0.2) is 0 Å². The second-order valence-electron chi connectivity index (χ2n) is 12.6. The minimum absolute atomic E-state index is 0.203. The monoisotopic (exact) mass is 519 g/mol. The first-order valence-corrected chi connectivity index (χ1v) is 12.8. The van der Waals surface area contributed by atoms with Crippen LogP contribution in [0, 0.1) is 0 Å². The van der Waals surface area contributed by atoms with E-state index in [1.54, 1.807) is 20.8 Å². The second-order valence-corrected chi connectivity index (χ2v) is 12.6. The molecule has 2 atom stereocenters. The Hall–Kier alpha value is -2.49. The van der Waals surface area contributed by atoms with Gasteiger partial charge >= 0.3 is 5.97 Å². The number of rotatable bonds is 9. The van der Waals surface area contributed by atoms with Gasteiger partial charge in [-0.05, 0) is 86.4 Å². The number of nitrogens with one attached hydrogen (secondary N) is 1. The number of Topliss-reactive ketones (excluding diaryl/α,β-unsaturated/α-hetero) is 1. The SMILES string of the molecule is CC(C)(C)OC[C@@]1(C(=O)[C@@H](N)Cc2ccc(OC(C)(C)C)cc2)NCCN(CC(=O)OC(C)(C)C)C1=O. The molecule has 37 heavy (non-hydrogen) atoms. The predicted molar refractivity (Wildman–Crippen MR) is 142 cm³/mol. The lowest BCUT2D eigenvalue weighted by Gasteiger charge is -2.43. The number of nitrogens with zero attached hydrogens (tertiary/aromatic N) is 1. The van der Waals surface area contributed by atoms with E-state index < -0.39 is 40.4 Å². The van der Waals surface area contributed by atoms with Crippen molar-refractivity contribution >= 4 is 17.7 Å². The largest absolute Gasteiger partial charge is 0.488 e. The fourth-order valence-corrected chi connectivity index (χ4v) is 3.94. The molecule has 2 rings (SSSR count). The van der Waals surface area contributed by atoms with E-state index in [-0.39, 0.29) is 31.7 Å². The summed E-state index contributed by atoms with van der Waals surface area (Å²) in [5.41, 5.74) is 3.91. The van der Waals surface area contributed by atoms with E-state index in [1.807, 2.05) is 65.8 Å². The van der Waals surface area contributed by atoms with Gasteiger partial charge in [0, 0.05) is 13.1 Å². The van der Waals surface area contributed by atoms with Crippen molar-refractivity contribution in [3.63, 3.8) is 0 Å². The molecule has 1 aliphatic rings. The molecule has 0 saturated carbocycles. The van der Waals surface area contributed by atoms with E-state index in [0.29, 0.717) is 12.3 Å². The van der Waals surface area contributed by atoms with E-state index in [1.165, 1.54) is 4.90 Å². The van der Waals surface area contributed by atoms with Crippen LogP contribution in [0.25, 0.3) is 0 Å². The van der Waals surface area contributed by atoms with Crippen LogP contribution >= 0.6 is 0 Å². The summed E-state index contributed by atoms with van der Waals surface area (Å²) < 4.78 is 17.2. The number of esters is 1. The van der Waals surface area contributed by atoms with Crippen molar-refractivity contribution in [2.24, 2.45) is 5.73 Å². The third kappa shape index (κ3) is 9.39. The Balaban J connectivity index is 2.25. The summed E-state index contributed by atoms with van der Waals surface area (Å²) in [6, 6.07) is 6.41. The van der Waals surface area contributed by atoms with Gasteiger partial charge in [0.1, 0.15) is 23.5 Å². The maximum Gasteiger partial charge on any atom is 0.326 e. The third-order valence-corrected chi connectivity index (χ3v) is 5.48. The molecule has 0 aromatic heterocycles. The quantitative estimate of drug-likeness (QED) is 0.377. The minimum Gasteiger partial charge on any atom is -0.488 e. The van der Waals surface area contributed by atoms with Gasteiger partial charge in [-0.15, -0.1) is 0 Å². The van der Waals surface area contributed by atoms with Crippen LogP contribution in [0.4, 0.5) is 0 Å². The van der Waals surface area contributed by atoms with Crippen LogP contribution in [0.5, 0.6) is 5.75 Å². The third-order valence-electron chi connectivity index (χ3n) is 5.48. The van der Waals surface area contributed by atoms with E-state index in [9.17, 15) is 14.4 Å². The first-order chi connectivity index (χ1) is 16.8. The van der Waals surface area contributed by atoms with Crippen molar-refractivity contribution < 1.29 is 28.6 Å². The average molecular weight is 520 g/mol. The zero-order valence-electron chi connectivity index (χ0n) is 23.9. The number of benzene rings is 1. The molecular weight excluding hydrogens is 474 g/mol. The number of carbonyl (C=O) groups excluding carboxylic acids is 3. The van der Waals surface area contributed by atoms with Gasteiger partial charge in [0.05, 0.1) is 18.2 Å². The van der Waals surface area contributed by atoms with Crippen molar-refractivity contribution in [3.8, 4) is 5.75 Å². The fraction of sp³-hybridized carbons (Fsp3) is 0.679. The minimum atomic E-state index is -1.71. The lowest BCUT2D eigenvalue weighted by molar-refractivity contribution is -0.165. The van der Waals surface area contributed by atoms with Crippen molar-refractivity contribution in [1.82, 2.24) is 10.2 Å². The van der Waals surface area contributed by atoms with Crippen LogP contribution in [0.15, 0.2) is 24.3 Å². The van der Waals surface area contributed by atoms with Crippen molar-refractivity contribution in [1.29, 1.82) is 0 Å². The number of piperazine rings is 1. The lowest BCUT2D eigenvalue weighted by Crippen LogP contribution is -2.73. The highest BCUT2D eigenvalue weighted by Crippen LogP contribution is 2.24. The summed E-state index contributed by atoms with van der Waals surface area (Å²) >= 11 is 0. The molecule has 1 aliphatic heterocycles. The molecule has 0 unspecified atom stereocenters. The Labute approximate surface area is 221 Å². The molecule has 1 heterocycles. The molecule has 1 fully saturated rings. The van der Waals surface area contributed by atoms with Crippen molar-refractivity contribution in [3.05, 3.63) is 29.8 Å². The van der Waals surface area contributed by atoms with Gasteiger partial charge in [-0.1, -0.05) is 12.1 Å². The molecule has 1 aromatic rings. The predicted octanol–water partition coefficient (Wildman–Crippen LogP) is 2.63. The van der Waals surface area contributed by atoms with Crippen LogP contribution in [0.1, 0.15) is 67.9 Å². The molecule has 0 spiro atoms. The Kier molecular flexibility index (Phi) is 9.55. The zero-order chi connectivity index (χ0) is 28.2. The van der Waals surface area contributed by atoms with Gasteiger partial charge in [0.2, 0.25) is 0 Å². The summed E-state index contributed by atoms with van der Waals surface area (Å²) in [6.07, 6.45) is 0.229. The van der Waals surface area contributed by atoms with Crippen LogP contribution in [0.3, 0.4) is 0 Å². The smallest absolute Gasteiger partial charge is 0.326 e. The number of amides is 1. The Morgan fingerprint density at radius 2 is 1.59 bits per heavy atom. The number of hydrogen-bond donors (Lipinski definition) is 2. The molecule has 1 saturated heterocycles. The van der Waals surface area contributed by atoms with Crippen LogP contribution < -0.4 is 15.8 Å². The molecule has 1 amide bonds. The Bertz CT molecular complexity index is 956. The first-order valence-electron chi connectivity index (χ1n) is 12.8. The van der Waals surface area contributed by atoms with E-state index in [2.05, 4.69) is 5.32 Å². The molecule has 0 aliphatic carbocycles. The first kappa shape index (κ1) is 30.7. The normalized spacial score (nSPS) is 19.9. The van der Waals surface area contributed by atoms with Crippen molar-refractivity contribution in [2.75, 3.05) is 26.2 Å². The van der Waals surface area contributed by atoms with Crippen LogP contribution in [-0.2, 0) is 30.3 Å². The maximum absolute atomic E-state index is 13.8. The highest BCUT2D eigenvalue weighted by atomic mass is 16.6. The molecule has 208 valence electrons. The maximum atomic E-state index is 13.8. The summed E-state index contributed by atoms with van der Waals surface area (Å²) in [7, 11) is 0. The Morgan fingerprint density at radius 3 is 2.11 bits per heavy atom. The standard InChI is InChI=1S/C28H45N3O6/c1-25(2,3)35-18-28(24(34)31(15-14-30-28)17-22(32)37-27(7,8)9)23(33)21(29)16-19-10-12-20(13-11-19)36-26(4,5)6/h10-13,21,30H,14-18,29H2,1-9H3/t21-,28-/m0/s1. The highest BCUT2D eigenvalue weighted by molar-refractivity contribution is 6.13. The molecule has 0 radical (unpaired) electrons.